The zero-order valence-electron chi connectivity index (χ0n) is 15.0. The van der Waals surface area contributed by atoms with Crippen molar-refractivity contribution in [3.63, 3.8) is 0 Å². The van der Waals surface area contributed by atoms with E-state index < -0.39 is 0 Å². The predicted octanol–water partition coefficient (Wildman–Crippen LogP) is 3.40. The molecule has 0 aliphatic heterocycles. The Labute approximate surface area is 127 Å². The maximum atomic E-state index is 5.26. The fourth-order valence-electron chi connectivity index (χ4n) is 2.56. The molecular formula is C17H38N2O. The highest BCUT2D eigenvalue weighted by Crippen LogP contribution is 2.27. The molecule has 0 unspecified atom stereocenters. The first kappa shape index (κ1) is 19.9. The van der Waals surface area contributed by atoms with E-state index in [2.05, 4.69) is 51.8 Å². The fraction of sp³-hybridized carbons (Fsp3) is 1.00. The van der Waals surface area contributed by atoms with Gasteiger partial charge in [0.1, 0.15) is 0 Å². The number of ether oxygens (including phenoxy) is 1. The summed E-state index contributed by atoms with van der Waals surface area (Å²) >= 11 is 0. The molecule has 3 heteroatoms. The van der Waals surface area contributed by atoms with Gasteiger partial charge < -0.3 is 10.1 Å². The van der Waals surface area contributed by atoms with Crippen molar-refractivity contribution in [3.8, 4) is 0 Å². The Morgan fingerprint density at radius 3 is 2.10 bits per heavy atom. The van der Waals surface area contributed by atoms with Crippen LogP contribution in [0.15, 0.2) is 0 Å². The van der Waals surface area contributed by atoms with Crippen molar-refractivity contribution in [2.75, 3.05) is 39.9 Å². The van der Waals surface area contributed by atoms with E-state index in [1.165, 1.54) is 12.8 Å². The number of nitrogens with zero attached hydrogens (tertiary/aromatic N) is 1. The molecule has 1 N–H and O–H groups in total. The summed E-state index contributed by atoms with van der Waals surface area (Å²) in [5, 5.41) is 3.67. The van der Waals surface area contributed by atoms with Crippen molar-refractivity contribution in [2.24, 2.45) is 11.3 Å². The molecule has 0 fully saturated rings. The molecule has 0 saturated heterocycles. The second-order valence-corrected chi connectivity index (χ2v) is 6.79. The average Bonchev–Trinajstić information content (AvgIpc) is 2.41. The van der Waals surface area contributed by atoms with E-state index in [4.69, 9.17) is 4.74 Å². The maximum absolute atomic E-state index is 5.26. The molecule has 0 aliphatic carbocycles. The second-order valence-electron chi connectivity index (χ2n) is 6.79. The topological polar surface area (TPSA) is 24.5 Å². The van der Waals surface area contributed by atoms with E-state index >= 15 is 0 Å². The van der Waals surface area contributed by atoms with Crippen LogP contribution in [0.5, 0.6) is 0 Å². The molecule has 0 radical (unpaired) electrons. The Morgan fingerprint density at radius 2 is 1.70 bits per heavy atom. The monoisotopic (exact) mass is 286 g/mol. The third kappa shape index (κ3) is 7.61. The fourth-order valence-corrected chi connectivity index (χ4v) is 2.56. The lowest BCUT2D eigenvalue weighted by atomic mass is 9.81. The average molecular weight is 287 g/mol. The van der Waals surface area contributed by atoms with Crippen LogP contribution in [0.4, 0.5) is 0 Å². The third-order valence-electron chi connectivity index (χ3n) is 4.40. The zero-order valence-corrected chi connectivity index (χ0v) is 15.0. The number of hydrogen-bond acceptors (Lipinski definition) is 3. The van der Waals surface area contributed by atoms with Crippen molar-refractivity contribution >= 4 is 0 Å². The first-order valence-electron chi connectivity index (χ1n) is 8.34. The SMILES string of the molecule is CCC(CC)(CNCC(C)C)CN(CCOC)C(C)C. The van der Waals surface area contributed by atoms with Gasteiger partial charge in [-0.15, -0.1) is 0 Å². The lowest BCUT2D eigenvalue weighted by molar-refractivity contribution is 0.0775. The number of nitrogens with one attached hydrogen (secondary N) is 1. The van der Waals surface area contributed by atoms with Gasteiger partial charge in [-0.2, -0.15) is 0 Å². The Morgan fingerprint density at radius 1 is 1.10 bits per heavy atom. The first-order valence-corrected chi connectivity index (χ1v) is 8.34. The molecule has 0 rings (SSSR count). The van der Waals surface area contributed by atoms with Gasteiger partial charge in [0.15, 0.2) is 0 Å². The van der Waals surface area contributed by atoms with Crippen molar-refractivity contribution in [2.45, 2.75) is 60.4 Å². The third-order valence-corrected chi connectivity index (χ3v) is 4.40. The highest BCUT2D eigenvalue weighted by molar-refractivity contribution is 4.84. The molecule has 0 heterocycles. The van der Waals surface area contributed by atoms with Gasteiger partial charge in [-0.05, 0) is 44.6 Å². The van der Waals surface area contributed by atoms with Crippen LogP contribution in [0.2, 0.25) is 0 Å². The predicted molar refractivity (Wildman–Crippen MR) is 89.3 cm³/mol. The van der Waals surface area contributed by atoms with Crippen molar-refractivity contribution in [1.29, 1.82) is 0 Å². The van der Waals surface area contributed by atoms with Crippen LogP contribution in [0.3, 0.4) is 0 Å². The zero-order chi connectivity index (χ0) is 15.6. The van der Waals surface area contributed by atoms with Crippen molar-refractivity contribution in [1.82, 2.24) is 10.2 Å². The summed E-state index contributed by atoms with van der Waals surface area (Å²) in [5.41, 5.74) is 0.382. The molecule has 0 atom stereocenters. The van der Waals surface area contributed by atoms with E-state index in [0.717, 1.165) is 38.7 Å². The summed E-state index contributed by atoms with van der Waals surface area (Å²) in [6, 6.07) is 0.577. The number of methoxy groups -OCH3 is 1. The Kier molecular flexibility index (Phi) is 10.5. The molecule has 0 bridgehead atoms. The lowest BCUT2D eigenvalue weighted by Crippen LogP contribution is -2.47. The van der Waals surface area contributed by atoms with Crippen molar-refractivity contribution in [3.05, 3.63) is 0 Å². The molecule has 0 aromatic carbocycles. The smallest absolute Gasteiger partial charge is 0.0589 e. The molecule has 0 amide bonds. The maximum Gasteiger partial charge on any atom is 0.0589 e. The summed E-state index contributed by atoms with van der Waals surface area (Å²) in [6.07, 6.45) is 2.45. The van der Waals surface area contributed by atoms with Crippen LogP contribution in [0.1, 0.15) is 54.4 Å². The first-order chi connectivity index (χ1) is 9.40. The van der Waals surface area contributed by atoms with Gasteiger partial charge in [-0.1, -0.05) is 27.7 Å². The molecule has 0 spiro atoms. The normalized spacial score (nSPS) is 12.9. The van der Waals surface area contributed by atoms with Gasteiger partial charge in [0, 0.05) is 32.8 Å². The highest BCUT2D eigenvalue weighted by atomic mass is 16.5. The summed E-state index contributed by atoms with van der Waals surface area (Å²) in [6.45, 7) is 19.0. The molecular weight excluding hydrogens is 248 g/mol. The van der Waals surface area contributed by atoms with Crippen LogP contribution < -0.4 is 5.32 Å². The molecule has 0 aromatic heterocycles. The molecule has 0 aliphatic rings. The van der Waals surface area contributed by atoms with E-state index in [-0.39, 0.29) is 0 Å². The van der Waals surface area contributed by atoms with Crippen LogP contribution in [0.25, 0.3) is 0 Å². The van der Waals surface area contributed by atoms with E-state index in [1.807, 2.05) is 0 Å². The van der Waals surface area contributed by atoms with Crippen molar-refractivity contribution < 1.29 is 4.74 Å². The van der Waals surface area contributed by atoms with Gasteiger partial charge in [0.05, 0.1) is 6.61 Å². The Bertz CT molecular complexity index is 225. The van der Waals surface area contributed by atoms with Gasteiger partial charge in [-0.25, -0.2) is 0 Å². The summed E-state index contributed by atoms with van der Waals surface area (Å²) in [7, 11) is 1.79. The second kappa shape index (κ2) is 10.6. The molecule has 122 valence electrons. The Hall–Kier alpha value is -0.120. The molecule has 3 nitrogen and oxygen atoms in total. The highest BCUT2D eigenvalue weighted by Gasteiger charge is 2.29. The minimum absolute atomic E-state index is 0.382. The summed E-state index contributed by atoms with van der Waals surface area (Å²) in [5.74, 6) is 0.719. The Balaban J connectivity index is 4.59. The summed E-state index contributed by atoms with van der Waals surface area (Å²) < 4.78 is 5.26. The van der Waals surface area contributed by atoms with Crippen LogP contribution in [0, 0.1) is 11.3 Å². The van der Waals surface area contributed by atoms with Gasteiger partial charge >= 0.3 is 0 Å². The van der Waals surface area contributed by atoms with E-state index in [9.17, 15) is 0 Å². The number of rotatable bonds is 12. The molecule has 0 saturated carbocycles. The summed E-state index contributed by atoms with van der Waals surface area (Å²) in [4.78, 5) is 2.56. The lowest BCUT2D eigenvalue weighted by Gasteiger charge is -2.39. The van der Waals surface area contributed by atoms with Gasteiger partial charge in [0.25, 0.3) is 0 Å². The largest absolute Gasteiger partial charge is 0.383 e. The van der Waals surface area contributed by atoms with Gasteiger partial charge in [0.2, 0.25) is 0 Å². The standard InChI is InChI=1S/C17H38N2O/c1-8-17(9-2,13-18-12-15(3)4)14-19(16(5)6)10-11-20-7/h15-16,18H,8-14H2,1-7H3. The van der Waals surface area contributed by atoms with Crippen LogP contribution >= 0.6 is 0 Å². The molecule has 0 aromatic rings. The van der Waals surface area contributed by atoms with E-state index in [0.29, 0.717) is 11.5 Å². The number of hydrogen-bond donors (Lipinski definition) is 1. The van der Waals surface area contributed by atoms with Crippen LogP contribution in [-0.4, -0.2) is 50.8 Å². The van der Waals surface area contributed by atoms with Gasteiger partial charge in [-0.3, -0.25) is 4.90 Å². The molecule has 20 heavy (non-hydrogen) atoms. The van der Waals surface area contributed by atoms with Crippen LogP contribution in [-0.2, 0) is 4.74 Å². The minimum atomic E-state index is 0.382. The quantitative estimate of drug-likeness (QED) is 0.595. The minimum Gasteiger partial charge on any atom is -0.383 e. The van der Waals surface area contributed by atoms with E-state index in [1.54, 1.807) is 7.11 Å².